The van der Waals surface area contributed by atoms with E-state index in [0.717, 1.165) is 29.3 Å². The predicted molar refractivity (Wildman–Crippen MR) is 54.9 cm³/mol. The van der Waals surface area contributed by atoms with Crippen molar-refractivity contribution in [1.29, 1.82) is 0 Å². The summed E-state index contributed by atoms with van der Waals surface area (Å²) in [6, 6.07) is 5.70. The lowest BCUT2D eigenvalue weighted by molar-refractivity contribution is 0.612. The van der Waals surface area contributed by atoms with Crippen LogP contribution in [0.1, 0.15) is 24.3 Å². The maximum Gasteiger partial charge on any atom is 0.128 e. The van der Waals surface area contributed by atoms with Gasteiger partial charge in [-0.3, -0.25) is 0 Å². The summed E-state index contributed by atoms with van der Waals surface area (Å²) < 4.78 is 15.6. The molecule has 0 saturated heterocycles. The first kappa shape index (κ1) is 8.04. The van der Waals surface area contributed by atoms with Gasteiger partial charge in [-0.25, -0.2) is 4.39 Å². The van der Waals surface area contributed by atoms with E-state index in [0.29, 0.717) is 5.92 Å². The van der Waals surface area contributed by atoms with Gasteiger partial charge in [-0.05, 0) is 42.5 Å². The van der Waals surface area contributed by atoms with Gasteiger partial charge in [0, 0.05) is 18.6 Å². The van der Waals surface area contributed by atoms with Crippen molar-refractivity contribution in [3.05, 3.63) is 35.8 Å². The van der Waals surface area contributed by atoms with Gasteiger partial charge in [0.1, 0.15) is 5.82 Å². The summed E-state index contributed by atoms with van der Waals surface area (Å²) in [7, 11) is 1.94. The van der Waals surface area contributed by atoms with Gasteiger partial charge < -0.3 is 4.57 Å². The maximum absolute atomic E-state index is 13.7. The highest BCUT2D eigenvalue weighted by molar-refractivity contribution is 5.81. The number of rotatable bonds is 1. The molecule has 1 aromatic carbocycles. The monoisotopic (exact) mass is 189 g/mol. The zero-order valence-corrected chi connectivity index (χ0v) is 8.13. The zero-order valence-electron chi connectivity index (χ0n) is 8.13. The lowest BCUT2D eigenvalue weighted by Gasteiger charge is -2.02. The van der Waals surface area contributed by atoms with Crippen molar-refractivity contribution in [1.82, 2.24) is 4.57 Å². The number of aromatic nitrogens is 1. The number of nitrogens with zero attached hydrogens (tertiary/aromatic N) is 1. The molecular weight excluding hydrogens is 177 g/mol. The smallest absolute Gasteiger partial charge is 0.128 e. The molecule has 1 aromatic heterocycles. The van der Waals surface area contributed by atoms with Gasteiger partial charge >= 0.3 is 0 Å². The summed E-state index contributed by atoms with van der Waals surface area (Å²) in [4.78, 5) is 0. The molecule has 0 aliphatic heterocycles. The minimum atomic E-state index is -0.0400. The van der Waals surface area contributed by atoms with Crippen molar-refractivity contribution >= 4 is 10.9 Å². The molecule has 72 valence electrons. The van der Waals surface area contributed by atoms with Crippen LogP contribution in [0.4, 0.5) is 4.39 Å². The van der Waals surface area contributed by atoms with Crippen molar-refractivity contribution in [2.75, 3.05) is 0 Å². The fourth-order valence-corrected chi connectivity index (χ4v) is 2.02. The first-order valence-corrected chi connectivity index (χ1v) is 5.00. The molecule has 1 aliphatic rings. The van der Waals surface area contributed by atoms with Gasteiger partial charge in [0.05, 0.1) is 5.52 Å². The molecule has 3 rings (SSSR count). The van der Waals surface area contributed by atoms with Crippen LogP contribution in [0, 0.1) is 5.82 Å². The number of aryl methyl sites for hydroxylation is 1. The second-order valence-corrected chi connectivity index (χ2v) is 4.13. The Balaban J connectivity index is 2.28. The lowest BCUT2D eigenvalue weighted by atomic mass is 10.1. The predicted octanol–water partition coefficient (Wildman–Crippen LogP) is 3.19. The summed E-state index contributed by atoms with van der Waals surface area (Å²) in [5, 5.41) is 1.15. The summed E-state index contributed by atoms with van der Waals surface area (Å²) in [6.45, 7) is 0. The Hall–Kier alpha value is -1.31. The van der Waals surface area contributed by atoms with Gasteiger partial charge in [-0.2, -0.15) is 0 Å². The quantitative estimate of drug-likeness (QED) is 0.649. The highest BCUT2D eigenvalue weighted by atomic mass is 19.1. The molecule has 1 aliphatic carbocycles. The molecule has 0 amide bonds. The average Bonchev–Trinajstić information content (AvgIpc) is 2.94. The van der Waals surface area contributed by atoms with E-state index < -0.39 is 0 Å². The standard InChI is InChI=1S/C12H12FN/c1-14-5-4-9-6-10(8-2-3-8)11(13)7-12(9)14/h4-8H,2-3H2,1H3. The molecule has 0 bridgehead atoms. The summed E-state index contributed by atoms with van der Waals surface area (Å²) in [6.07, 6.45) is 4.27. The van der Waals surface area contributed by atoms with Crippen LogP contribution < -0.4 is 0 Å². The molecule has 1 heterocycles. The lowest BCUT2D eigenvalue weighted by Crippen LogP contribution is -1.90. The fourth-order valence-electron chi connectivity index (χ4n) is 2.02. The molecule has 0 N–H and O–H groups in total. The van der Waals surface area contributed by atoms with Crippen LogP contribution in [0.15, 0.2) is 24.4 Å². The van der Waals surface area contributed by atoms with Crippen LogP contribution in [0.3, 0.4) is 0 Å². The molecule has 1 saturated carbocycles. The highest BCUT2D eigenvalue weighted by Gasteiger charge is 2.26. The molecule has 0 atom stereocenters. The Morgan fingerprint density at radius 2 is 2.14 bits per heavy atom. The van der Waals surface area contributed by atoms with Crippen molar-refractivity contribution in [2.24, 2.45) is 7.05 Å². The van der Waals surface area contributed by atoms with Crippen LogP contribution in [-0.4, -0.2) is 4.57 Å². The zero-order chi connectivity index (χ0) is 9.71. The van der Waals surface area contributed by atoms with Gasteiger partial charge in [0.2, 0.25) is 0 Å². The SMILES string of the molecule is Cn1ccc2cc(C3CC3)c(F)cc21. The van der Waals surface area contributed by atoms with E-state index in [2.05, 4.69) is 0 Å². The first-order valence-electron chi connectivity index (χ1n) is 5.00. The second-order valence-electron chi connectivity index (χ2n) is 4.13. The van der Waals surface area contributed by atoms with Gasteiger partial charge in [0.15, 0.2) is 0 Å². The normalized spacial score (nSPS) is 16.4. The van der Waals surface area contributed by atoms with E-state index in [4.69, 9.17) is 0 Å². The van der Waals surface area contributed by atoms with Crippen molar-refractivity contribution in [3.8, 4) is 0 Å². The largest absolute Gasteiger partial charge is 0.350 e. The number of hydrogen-bond acceptors (Lipinski definition) is 0. The van der Waals surface area contributed by atoms with Crippen LogP contribution in [0.5, 0.6) is 0 Å². The summed E-state index contributed by atoms with van der Waals surface area (Å²) in [5.74, 6) is 0.446. The summed E-state index contributed by atoms with van der Waals surface area (Å²) in [5.41, 5.74) is 1.88. The van der Waals surface area contributed by atoms with Gasteiger partial charge in [0.25, 0.3) is 0 Å². The molecule has 0 spiro atoms. The third-order valence-corrected chi connectivity index (χ3v) is 3.02. The third-order valence-electron chi connectivity index (χ3n) is 3.02. The number of hydrogen-bond donors (Lipinski definition) is 0. The third kappa shape index (κ3) is 1.07. The van der Waals surface area contributed by atoms with Crippen LogP contribution in [0.25, 0.3) is 10.9 Å². The Morgan fingerprint density at radius 1 is 1.36 bits per heavy atom. The first-order chi connectivity index (χ1) is 6.75. The van der Waals surface area contributed by atoms with E-state index in [-0.39, 0.29) is 5.82 Å². The Bertz CT molecular complexity index is 494. The van der Waals surface area contributed by atoms with E-state index in [1.807, 2.05) is 29.9 Å². The van der Waals surface area contributed by atoms with E-state index in [9.17, 15) is 4.39 Å². The van der Waals surface area contributed by atoms with Crippen molar-refractivity contribution < 1.29 is 4.39 Å². The Labute approximate surface area is 82.2 Å². The molecular formula is C12H12FN. The van der Waals surface area contributed by atoms with E-state index >= 15 is 0 Å². The number of halogens is 1. The molecule has 2 heteroatoms. The number of fused-ring (bicyclic) bond motifs is 1. The van der Waals surface area contributed by atoms with Gasteiger partial charge in [-0.15, -0.1) is 0 Å². The summed E-state index contributed by atoms with van der Waals surface area (Å²) >= 11 is 0. The Kier molecular flexibility index (Phi) is 1.49. The van der Waals surface area contributed by atoms with Crippen LogP contribution in [0.2, 0.25) is 0 Å². The van der Waals surface area contributed by atoms with Crippen LogP contribution in [-0.2, 0) is 7.05 Å². The molecule has 0 unspecified atom stereocenters. The molecule has 14 heavy (non-hydrogen) atoms. The number of benzene rings is 1. The van der Waals surface area contributed by atoms with Crippen molar-refractivity contribution in [3.63, 3.8) is 0 Å². The fraction of sp³-hybridized carbons (Fsp3) is 0.333. The van der Waals surface area contributed by atoms with E-state index in [1.54, 1.807) is 6.07 Å². The average molecular weight is 189 g/mol. The molecule has 1 fully saturated rings. The second kappa shape index (κ2) is 2.59. The van der Waals surface area contributed by atoms with Crippen LogP contribution >= 0.6 is 0 Å². The topological polar surface area (TPSA) is 4.93 Å². The van der Waals surface area contributed by atoms with Gasteiger partial charge in [-0.1, -0.05) is 0 Å². The molecule has 0 radical (unpaired) electrons. The minimum absolute atomic E-state index is 0.0400. The highest BCUT2D eigenvalue weighted by Crippen LogP contribution is 2.42. The van der Waals surface area contributed by atoms with Crippen molar-refractivity contribution in [2.45, 2.75) is 18.8 Å². The maximum atomic E-state index is 13.7. The molecule has 1 nitrogen and oxygen atoms in total. The van der Waals surface area contributed by atoms with E-state index in [1.165, 1.54) is 0 Å². The molecule has 2 aromatic rings. The minimum Gasteiger partial charge on any atom is -0.350 e. The Morgan fingerprint density at radius 3 is 2.86 bits per heavy atom.